The zero-order chi connectivity index (χ0) is 14.0. The van der Waals surface area contributed by atoms with Gasteiger partial charge >= 0.3 is 5.97 Å². The van der Waals surface area contributed by atoms with Gasteiger partial charge in [0.25, 0.3) is 0 Å². The highest BCUT2D eigenvalue weighted by Gasteiger charge is 2.28. The number of hydrogen-bond acceptors (Lipinski definition) is 4. The molecule has 1 fully saturated rings. The fourth-order valence-electron chi connectivity index (χ4n) is 2.06. The van der Waals surface area contributed by atoms with E-state index in [2.05, 4.69) is 4.74 Å². The number of halogens is 1. The lowest BCUT2D eigenvalue weighted by Crippen LogP contribution is -2.28. The third-order valence-corrected chi connectivity index (χ3v) is 3.07. The van der Waals surface area contributed by atoms with E-state index in [1.807, 2.05) is 0 Å². The number of amides is 1. The van der Waals surface area contributed by atoms with E-state index in [9.17, 15) is 14.0 Å². The molecule has 1 saturated heterocycles. The molecule has 1 heterocycles. The Hall–Kier alpha value is -1.95. The van der Waals surface area contributed by atoms with Gasteiger partial charge in [0.2, 0.25) is 5.91 Å². The van der Waals surface area contributed by atoms with Gasteiger partial charge in [0, 0.05) is 24.7 Å². The molecule has 6 heteroatoms. The average molecular weight is 266 g/mol. The third-order valence-electron chi connectivity index (χ3n) is 3.07. The van der Waals surface area contributed by atoms with Crippen molar-refractivity contribution >= 4 is 17.6 Å². The number of benzene rings is 1. The van der Waals surface area contributed by atoms with Crippen LogP contribution in [0.2, 0.25) is 0 Å². The summed E-state index contributed by atoms with van der Waals surface area (Å²) < 4.78 is 18.3. The van der Waals surface area contributed by atoms with Gasteiger partial charge in [-0.2, -0.15) is 0 Å². The number of ether oxygens (including phenoxy) is 1. The van der Waals surface area contributed by atoms with Crippen LogP contribution in [0.15, 0.2) is 18.2 Å². The third kappa shape index (κ3) is 2.90. The standard InChI is InChI=1S/C13H15FN2O3/c1-19-13(18)4-8-2-3-10(6-11(8)14)16-7-9(15)5-12(16)17/h2-3,6,9H,4-5,7,15H2,1H3. The van der Waals surface area contributed by atoms with Crippen LogP contribution in [0.5, 0.6) is 0 Å². The van der Waals surface area contributed by atoms with E-state index in [1.165, 1.54) is 24.1 Å². The summed E-state index contributed by atoms with van der Waals surface area (Å²) >= 11 is 0. The number of rotatable bonds is 3. The molecule has 1 aromatic carbocycles. The predicted molar refractivity (Wildman–Crippen MR) is 67.1 cm³/mol. The minimum Gasteiger partial charge on any atom is -0.469 e. The molecule has 0 bridgehead atoms. The van der Waals surface area contributed by atoms with Crippen LogP contribution in [0.25, 0.3) is 0 Å². The van der Waals surface area contributed by atoms with Crippen molar-refractivity contribution in [2.24, 2.45) is 5.73 Å². The summed E-state index contributed by atoms with van der Waals surface area (Å²) in [7, 11) is 1.25. The lowest BCUT2D eigenvalue weighted by Gasteiger charge is -2.16. The first-order valence-electron chi connectivity index (χ1n) is 5.92. The Morgan fingerprint density at radius 3 is 2.84 bits per heavy atom. The number of carbonyl (C=O) groups is 2. The van der Waals surface area contributed by atoms with Crippen molar-refractivity contribution in [3.63, 3.8) is 0 Å². The number of nitrogens with two attached hydrogens (primary N) is 1. The van der Waals surface area contributed by atoms with E-state index in [-0.39, 0.29) is 30.4 Å². The molecule has 0 radical (unpaired) electrons. The van der Waals surface area contributed by atoms with E-state index >= 15 is 0 Å². The molecule has 2 N–H and O–H groups in total. The highest BCUT2D eigenvalue weighted by Crippen LogP contribution is 2.23. The molecular formula is C13H15FN2O3. The predicted octanol–water partition coefficient (Wildman–Crippen LogP) is 0.605. The SMILES string of the molecule is COC(=O)Cc1ccc(N2CC(N)CC2=O)cc1F. The summed E-state index contributed by atoms with van der Waals surface area (Å²) in [5, 5.41) is 0. The fourth-order valence-corrected chi connectivity index (χ4v) is 2.06. The van der Waals surface area contributed by atoms with Crippen molar-refractivity contribution in [2.75, 3.05) is 18.6 Å². The molecule has 1 amide bonds. The Kier molecular flexibility index (Phi) is 3.80. The van der Waals surface area contributed by atoms with Crippen molar-refractivity contribution in [3.8, 4) is 0 Å². The van der Waals surface area contributed by atoms with Crippen LogP contribution < -0.4 is 10.6 Å². The average Bonchev–Trinajstić information content (AvgIpc) is 2.71. The zero-order valence-electron chi connectivity index (χ0n) is 10.6. The van der Waals surface area contributed by atoms with Gasteiger partial charge in [-0.05, 0) is 17.7 Å². The summed E-state index contributed by atoms with van der Waals surface area (Å²) in [4.78, 5) is 24.2. The second-order valence-corrected chi connectivity index (χ2v) is 4.50. The molecule has 2 rings (SSSR count). The van der Waals surface area contributed by atoms with E-state index < -0.39 is 11.8 Å². The van der Waals surface area contributed by atoms with Gasteiger partial charge in [-0.1, -0.05) is 6.07 Å². The van der Waals surface area contributed by atoms with Crippen LogP contribution in [-0.2, 0) is 20.7 Å². The lowest BCUT2D eigenvalue weighted by molar-refractivity contribution is -0.139. The Labute approximate surface area is 110 Å². The van der Waals surface area contributed by atoms with Crippen LogP contribution in [0, 0.1) is 5.82 Å². The molecule has 1 atom stereocenters. The van der Waals surface area contributed by atoms with Crippen molar-refractivity contribution in [2.45, 2.75) is 18.9 Å². The van der Waals surface area contributed by atoms with Crippen LogP contribution in [-0.4, -0.2) is 31.6 Å². The van der Waals surface area contributed by atoms with Crippen LogP contribution in [0.1, 0.15) is 12.0 Å². The number of esters is 1. The van der Waals surface area contributed by atoms with Crippen LogP contribution in [0.4, 0.5) is 10.1 Å². The maximum Gasteiger partial charge on any atom is 0.310 e. The minimum atomic E-state index is -0.531. The molecule has 0 aliphatic carbocycles. The smallest absolute Gasteiger partial charge is 0.310 e. The Bertz CT molecular complexity index is 519. The number of hydrogen-bond donors (Lipinski definition) is 1. The summed E-state index contributed by atoms with van der Waals surface area (Å²) in [6.45, 7) is 0.384. The Morgan fingerprint density at radius 2 is 2.32 bits per heavy atom. The summed E-state index contributed by atoms with van der Waals surface area (Å²) in [6.07, 6.45) is 0.140. The lowest BCUT2D eigenvalue weighted by atomic mass is 10.1. The maximum absolute atomic E-state index is 13.8. The molecule has 5 nitrogen and oxygen atoms in total. The molecule has 102 valence electrons. The number of carbonyl (C=O) groups excluding carboxylic acids is 2. The molecule has 0 aromatic heterocycles. The summed E-state index contributed by atoms with van der Waals surface area (Å²) in [5.41, 5.74) is 6.39. The van der Waals surface area contributed by atoms with Gasteiger partial charge in [-0.3, -0.25) is 9.59 Å². The summed E-state index contributed by atoms with van der Waals surface area (Å²) in [5.74, 6) is -1.16. The second kappa shape index (κ2) is 5.36. The van der Waals surface area contributed by atoms with Gasteiger partial charge in [0.05, 0.1) is 13.5 Å². The van der Waals surface area contributed by atoms with Crippen molar-refractivity contribution in [1.82, 2.24) is 0 Å². The van der Waals surface area contributed by atoms with E-state index in [1.54, 1.807) is 6.07 Å². The fraction of sp³-hybridized carbons (Fsp3) is 0.385. The maximum atomic E-state index is 13.8. The first-order chi connectivity index (χ1) is 9.01. The van der Waals surface area contributed by atoms with Crippen molar-refractivity contribution in [1.29, 1.82) is 0 Å². The topological polar surface area (TPSA) is 72.6 Å². The van der Waals surface area contributed by atoms with Crippen molar-refractivity contribution in [3.05, 3.63) is 29.6 Å². The second-order valence-electron chi connectivity index (χ2n) is 4.50. The Balaban J connectivity index is 2.19. The first-order valence-corrected chi connectivity index (χ1v) is 5.92. The van der Waals surface area contributed by atoms with E-state index in [0.29, 0.717) is 12.2 Å². The van der Waals surface area contributed by atoms with Gasteiger partial charge in [0.1, 0.15) is 5.82 Å². The Morgan fingerprint density at radius 1 is 1.58 bits per heavy atom. The van der Waals surface area contributed by atoms with E-state index in [0.717, 1.165) is 0 Å². The monoisotopic (exact) mass is 266 g/mol. The van der Waals surface area contributed by atoms with E-state index in [4.69, 9.17) is 5.73 Å². The normalized spacial score (nSPS) is 18.8. The van der Waals surface area contributed by atoms with Gasteiger partial charge < -0.3 is 15.4 Å². The van der Waals surface area contributed by atoms with Gasteiger partial charge in [0.15, 0.2) is 0 Å². The number of nitrogens with zero attached hydrogens (tertiary/aromatic N) is 1. The summed E-state index contributed by atoms with van der Waals surface area (Å²) in [6, 6.07) is 4.12. The molecule has 19 heavy (non-hydrogen) atoms. The molecular weight excluding hydrogens is 251 g/mol. The van der Waals surface area contributed by atoms with Gasteiger partial charge in [-0.15, -0.1) is 0 Å². The molecule has 1 aliphatic heterocycles. The van der Waals surface area contributed by atoms with Gasteiger partial charge in [-0.25, -0.2) is 4.39 Å². The molecule has 0 spiro atoms. The quantitative estimate of drug-likeness (QED) is 0.813. The highest BCUT2D eigenvalue weighted by atomic mass is 19.1. The largest absolute Gasteiger partial charge is 0.469 e. The number of methoxy groups -OCH3 is 1. The molecule has 1 aliphatic rings. The van der Waals surface area contributed by atoms with Crippen LogP contribution in [0.3, 0.4) is 0 Å². The zero-order valence-corrected chi connectivity index (χ0v) is 10.6. The highest BCUT2D eigenvalue weighted by molar-refractivity contribution is 5.96. The first kappa shape index (κ1) is 13.5. The number of anilines is 1. The minimum absolute atomic E-state index is 0.118. The van der Waals surface area contributed by atoms with Crippen LogP contribution >= 0.6 is 0 Å². The molecule has 1 unspecified atom stereocenters. The molecule has 1 aromatic rings. The molecule has 0 saturated carbocycles. The van der Waals surface area contributed by atoms with Crippen molar-refractivity contribution < 1.29 is 18.7 Å².